The van der Waals surface area contributed by atoms with Crippen molar-refractivity contribution in [3.05, 3.63) is 52.5 Å². The van der Waals surface area contributed by atoms with Crippen LogP contribution in [-0.4, -0.2) is 23.3 Å². The summed E-state index contributed by atoms with van der Waals surface area (Å²) in [5.74, 6) is -0.845. The Morgan fingerprint density at radius 2 is 2.05 bits per heavy atom. The summed E-state index contributed by atoms with van der Waals surface area (Å²) in [5.41, 5.74) is 1.09. The summed E-state index contributed by atoms with van der Waals surface area (Å²) in [7, 11) is 1.43. The number of carboxylic acid groups (broad SMARTS) is 1. The van der Waals surface area contributed by atoms with Crippen molar-refractivity contribution in [3.8, 4) is 11.5 Å². The number of carbonyl (C=O) groups is 1. The number of carboxylic acids is 1. The zero-order valence-corrected chi connectivity index (χ0v) is 12.8. The highest BCUT2D eigenvalue weighted by atomic mass is 79.9. The van der Waals surface area contributed by atoms with Crippen LogP contribution in [0.4, 0.5) is 5.69 Å². The maximum atomic E-state index is 11.5. The van der Waals surface area contributed by atoms with E-state index >= 15 is 0 Å². The van der Waals surface area contributed by atoms with Gasteiger partial charge in [-0.1, -0.05) is 28.1 Å². The third-order valence-corrected chi connectivity index (χ3v) is 3.41. The van der Waals surface area contributed by atoms with Gasteiger partial charge < -0.3 is 20.3 Å². The van der Waals surface area contributed by atoms with Crippen LogP contribution >= 0.6 is 15.9 Å². The molecule has 0 saturated carbocycles. The van der Waals surface area contributed by atoms with Crippen molar-refractivity contribution in [2.24, 2.45) is 0 Å². The number of halogens is 1. The van der Waals surface area contributed by atoms with Crippen molar-refractivity contribution in [1.82, 2.24) is 0 Å². The van der Waals surface area contributed by atoms with E-state index in [2.05, 4.69) is 21.2 Å². The molecule has 0 heterocycles. The van der Waals surface area contributed by atoms with Crippen LogP contribution in [0.2, 0.25) is 0 Å². The highest BCUT2D eigenvalue weighted by Crippen LogP contribution is 2.30. The highest BCUT2D eigenvalue weighted by Gasteiger charge is 2.21. The van der Waals surface area contributed by atoms with Crippen molar-refractivity contribution < 1.29 is 19.7 Å². The Labute approximate surface area is 130 Å². The van der Waals surface area contributed by atoms with E-state index in [0.717, 1.165) is 4.47 Å². The minimum absolute atomic E-state index is 0.0997. The van der Waals surface area contributed by atoms with Crippen molar-refractivity contribution in [2.45, 2.75) is 6.04 Å². The molecule has 0 bridgehead atoms. The topological polar surface area (TPSA) is 78.8 Å². The summed E-state index contributed by atoms with van der Waals surface area (Å²) >= 11 is 3.33. The van der Waals surface area contributed by atoms with Gasteiger partial charge in [-0.2, -0.15) is 0 Å². The molecule has 21 heavy (non-hydrogen) atoms. The van der Waals surface area contributed by atoms with E-state index in [0.29, 0.717) is 17.0 Å². The SMILES string of the molecule is COc1ccc(C(Nc2cccc(Br)c2)C(=O)O)cc1O. The maximum absolute atomic E-state index is 11.5. The average Bonchev–Trinajstić information content (AvgIpc) is 2.44. The fraction of sp³-hybridized carbons (Fsp3) is 0.133. The summed E-state index contributed by atoms with van der Waals surface area (Å²) in [6, 6.07) is 10.7. The molecule has 0 amide bonds. The molecule has 2 aromatic carbocycles. The lowest BCUT2D eigenvalue weighted by Gasteiger charge is -2.17. The molecule has 1 atom stereocenters. The number of benzene rings is 2. The zero-order chi connectivity index (χ0) is 15.4. The first-order chi connectivity index (χ1) is 10.0. The second kappa shape index (κ2) is 6.49. The predicted octanol–water partition coefficient (Wildman–Crippen LogP) is 3.40. The van der Waals surface area contributed by atoms with Crippen molar-refractivity contribution >= 4 is 27.6 Å². The first-order valence-electron chi connectivity index (χ1n) is 6.13. The van der Waals surface area contributed by atoms with Crippen LogP contribution in [0.25, 0.3) is 0 Å². The third kappa shape index (κ3) is 3.66. The monoisotopic (exact) mass is 351 g/mol. The zero-order valence-electron chi connectivity index (χ0n) is 11.2. The van der Waals surface area contributed by atoms with E-state index in [1.807, 2.05) is 6.07 Å². The normalized spacial score (nSPS) is 11.7. The molecule has 3 N–H and O–H groups in total. The van der Waals surface area contributed by atoms with Gasteiger partial charge in [0.05, 0.1) is 7.11 Å². The maximum Gasteiger partial charge on any atom is 0.330 e. The van der Waals surface area contributed by atoms with Crippen molar-refractivity contribution in [2.75, 3.05) is 12.4 Å². The van der Waals surface area contributed by atoms with E-state index in [1.54, 1.807) is 24.3 Å². The molecular weight excluding hydrogens is 338 g/mol. The van der Waals surface area contributed by atoms with Crippen molar-refractivity contribution in [3.63, 3.8) is 0 Å². The molecule has 0 saturated heterocycles. The summed E-state index contributed by atoms with van der Waals surface area (Å²) in [6.45, 7) is 0. The highest BCUT2D eigenvalue weighted by molar-refractivity contribution is 9.10. The number of anilines is 1. The van der Waals surface area contributed by atoms with Gasteiger partial charge in [-0.05, 0) is 35.9 Å². The second-order valence-electron chi connectivity index (χ2n) is 4.36. The number of hydrogen-bond donors (Lipinski definition) is 3. The number of aliphatic carboxylic acids is 1. The lowest BCUT2D eigenvalue weighted by molar-refractivity contribution is -0.138. The molecule has 1 unspecified atom stereocenters. The molecule has 6 heteroatoms. The molecule has 5 nitrogen and oxygen atoms in total. The summed E-state index contributed by atoms with van der Waals surface area (Å²) in [6.07, 6.45) is 0. The van der Waals surface area contributed by atoms with E-state index in [-0.39, 0.29) is 5.75 Å². The van der Waals surface area contributed by atoms with Gasteiger partial charge >= 0.3 is 5.97 Å². The Kier molecular flexibility index (Phi) is 4.70. The lowest BCUT2D eigenvalue weighted by Crippen LogP contribution is -2.20. The summed E-state index contributed by atoms with van der Waals surface area (Å²) in [4.78, 5) is 11.5. The number of methoxy groups -OCH3 is 1. The van der Waals surface area contributed by atoms with Crippen LogP contribution in [-0.2, 0) is 4.79 Å². The number of ether oxygens (including phenoxy) is 1. The van der Waals surface area contributed by atoms with Crippen LogP contribution in [0.3, 0.4) is 0 Å². The molecule has 0 aliphatic carbocycles. The Balaban J connectivity index is 2.31. The van der Waals surface area contributed by atoms with Crippen LogP contribution in [0.5, 0.6) is 11.5 Å². The predicted molar refractivity (Wildman–Crippen MR) is 82.8 cm³/mol. The van der Waals surface area contributed by atoms with Gasteiger partial charge in [0.2, 0.25) is 0 Å². The number of aromatic hydroxyl groups is 1. The minimum atomic E-state index is -1.04. The van der Waals surface area contributed by atoms with Gasteiger partial charge in [0.15, 0.2) is 17.5 Å². The number of rotatable bonds is 5. The Morgan fingerprint density at radius 3 is 2.62 bits per heavy atom. The number of hydrogen-bond acceptors (Lipinski definition) is 4. The molecule has 0 fully saturated rings. The van der Waals surface area contributed by atoms with Gasteiger partial charge in [0.1, 0.15) is 0 Å². The van der Waals surface area contributed by atoms with Gasteiger partial charge in [0, 0.05) is 10.2 Å². The lowest BCUT2D eigenvalue weighted by atomic mass is 10.1. The van der Waals surface area contributed by atoms with Crippen molar-refractivity contribution in [1.29, 1.82) is 0 Å². The fourth-order valence-electron chi connectivity index (χ4n) is 1.92. The second-order valence-corrected chi connectivity index (χ2v) is 5.27. The van der Waals surface area contributed by atoms with E-state index < -0.39 is 12.0 Å². The minimum Gasteiger partial charge on any atom is -0.504 e. The van der Waals surface area contributed by atoms with Crippen LogP contribution < -0.4 is 10.1 Å². The molecule has 0 aromatic heterocycles. The summed E-state index contributed by atoms with van der Waals surface area (Å²) in [5, 5.41) is 22.1. The molecule has 0 radical (unpaired) electrons. The average molecular weight is 352 g/mol. The van der Waals surface area contributed by atoms with Crippen LogP contribution in [0.1, 0.15) is 11.6 Å². The number of phenolic OH excluding ortho intramolecular Hbond substituents is 1. The van der Waals surface area contributed by atoms with Gasteiger partial charge in [-0.25, -0.2) is 4.79 Å². The quantitative estimate of drug-likeness (QED) is 0.769. The number of phenols is 1. The first kappa shape index (κ1) is 15.2. The molecule has 2 aromatic rings. The largest absolute Gasteiger partial charge is 0.504 e. The molecule has 2 rings (SSSR count). The van der Waals surface area contributed by atoms with E-state index in [1.165, 1.54) is 19.2 Å². The van der Waals surface area contributed by atoms with Gasteiger partial charge in [0.25, 0.3) is 0 Å². The third-order valence-electron chi connectivity index (χ3n) is 2.92. The standard InChI is InChI=1S/C15H14BrNO4/c1-21-13-6-5-9(7-12(13)18)14(15(19)20)17-11-4-2-3-10(16)8-11/h2-8,14,17-18H,1H3,(H,19,20). The Bertz CT molecular complexity index is 660. The first-order valence-corrected chi connectivity index (χ1v) is 6.92. The van der Waals surface area contributed by atoms with Crippen LogP contribution in [0.15, 0.2) is 46.9 Å². The van der Waals surface area contributed by atoms with Gasteiger partial charge in [-0.15, -0.1) is 0 Å². The fourth-order valence-corrected chi connectivity index (χ4v) is 2.32. The smallest absolute Gasteiger partial charge is 0.330 e. The molecular formula is C15H14BrNO4. The Hall–Kier alpha value is -2.21. The summed E-state index contributed by atoms with van der Waals surface area (Å²) < 4.78 is 5.79. The van der Waals surface area contributed by atoms with Gasteiger partial charge in [-0.3, -0.25) is 0 Å². The molecule has 0 aliphatic rings. The van der Waals surface area contributed by atoms with E-state index in [9.17, 15) is 15.0 Å². The number of nitrogens with one attached hydrogen (secondary N) is 1. The molecule has 110 valence electrons. The Morgan fingerprint density at radius 1 is 1.29 bits per heavy atom. The van der Waals surface area contributed by atoms with Crippen LogP contribution in [0, 0.1) is 0 Å². The molecule has 0 spiro atoms. The molecule has 0 aliphatic heterocycles. The van der Waals surface area contributed by atoms with E-state index in [4.69, 9.17) is 4.74 Å².